The van der Waals surface area contributed by atoms with Crippen LogP contribution in [0, 0.1) is 0 Å². The van der Waals surface area contributed by atoms with Gasteiger partial charge in [-0.2, -0.15) is 0 Å². The summed E-state index contributed by atoms with van der Waals surface area (Å²) in [6.07, 6.45) is 1.79. The van der Waals surface area contributed by atoms with Gasteiger partial charge in [0.15, 0.2) is 0 Å². The van der Waals surface area contributed by atoms with Crippen LogP contribution in [0.5, 0.6) is 0 Å². The number of hydrogen-bond donors (Lipinski definition) is 2. The van der Waals surface area contributed by atoms with E-state index in [0.717, 1.165) is 27.7 Å². The fourth-order valence-corrected chi connectivity index (χ4v) is 2.22. The summed E-state index contributed by atoms with van der Waals surface area (Å²) < 4.78 is 0. The molecule has 3 nitrogen and oxygen atoms in total. The molecule has 0 spiro atoms. The van der Waals surface area contributed by atoms with Crippen molar-refractivity contribution in [3.8, 4) is 11.3 Å². The lowest BCUT2D eigenvalue weighted by Gasteiger charge is -2.08. The van der Waals surface area contributed by atoms with E-state index in [1.807, 2.05) is 54.6 Å². The summed E-state index contributed by atoms with van der Waals surface area (Å²) in [6.45, 7) is 0. The van der Waals surface area contributed by atoms with Gasteiger partial charge in [-0.15, -0.1) is 0 Å². The van der Waals surface area contributed by atoms with Crippen molar-refractivity contribution in [2.45, 2.75) is 6.04 Å². The molecule has 4 heteroatoms. The van der Waals surface area contributed by atoms with Crippen LogP contribution >= 0.6 is 11.6 Å². The smallest absolute Gasteiger partial charge is 0.128 e. The third-order valence-electron chi connectivity index (χ3n) is 3.20. The molecule has 1 unspecified atom stereocenters. The van der Waals surface area contributed by atoms with Crippen LogP contribution < -0.4 is 5.73 Å². The van der Waals surface area contributed by atoms with Crippen LogP contribution in [0.25, 0.3) is 11.3 Å². The van der Waals surface area contributed by atoms with Crippen molar-refractivity contribution in [1.29, 1.82) is 0 Å². The molecule has 1 atom stereocenters. The lowest BCUT2D eigenvalue weighted by Crippen LogP contribution is -2.13. The molecule has 3 N–H and O–H groups in total. The Bertz CT molecular complexity index is 689. The monoisotopic (exact) mass is 283 g/mol. The number of hydrogen-bond acceptors (Lipinski definition) is 2. The Hall–Kier alpha value is -2.10. The summed E-state index contributed by atoms with van der Waals surface area (Å²) in [5, 5.41) is 0.717. The number of nitrogens with one attached hydrogen (secondary N) is 1. The largest absolute Gasteiger partial charge is 0.340 e. The van der Waals surface area contributed by atoms with Crippen LogP contribution in [0.4, 0.5) is 0 Å². The van der Waals surface area contributed by atoms with Gasteiger partial charge < -0.3 is 10.7 Å². The highest BCUT2D eigenvalue weighted by atomic mass is 35.5. The fourth-order valence-electron chi connectivity index (χ4n) is 2.09. The second-order valence-corrected chi connectivity index (χ2v) is 5.01. The van der Waals surface area contributed by atoms with E-state index in [1.165, 1.54) is 0 Å². The standard InChI is InChI=1S/C16H14ClN3/c17-13-8-6-11(7-9-13)14-10-19-16(20-14)15(18)12-4-2-1-3-5-12/h1-10,15H,18H2,(H,19,20). The molecule has 3 aromatic rings. The lowest BCUT2D eigenvalue weighted by molar-refractivity contribution is 0.801. The Labute approximate surface area is 122 Å². The zero-order chi connectivity index (χ0) is 13.9. The average Bonchev–Trinajstić information content (AvgIpc) is 2.98. The molecule has 0 fully saturated rings. The molecular weight excluding hydrogens is 270 g/mol. The fraction of sp³-hybridized carbons (Fsp3) is 0.0625. The summed E-state index contributed by atoms with van der Waals surface area (Å²) >= 11 is 5.89. The first-order chi connectivity index (χ1) is 9.74. The van der Waals surface area contributed by atoms with Gasteiger partial charge in [-0.3, -0.25) is 0 Å². The topological polar surface area (TPSA) is 54.7 Å². The first-order valence-corrected chi connectivity index (χ1v) is 6.73. The van der Waals surface area contributed by atoms with Crippen molar-refractivity contribution in [3.05, 3.63) is 77.2 Å². The Kier molecular flexibility index (Phi) is 3.54. The minimum atomic E-state index is -0.253. The van der Waals surface area contributed by atoms with Gasteiger partial charge >= 0.3 is 0 Å². The Balaban J connectivity index is 1.89. The molecule has 0 bridgehead atoms. The third kappa shape index (κ3) is 2.59. The molecule has 0 saturated heterocycles. The lowest BCUT2D eigenvalue weighted by atomic mass is 10.1. The molecular formula is C16H14ClN3. The molecule has 1 heterocycles. The molecule has 2 aromatic carbocycles. The molecule has 0 saturated carbocycles. The molecule has 0 aliphatic carbocycles. The molecule has 0 amide bonds. The number of nitrogens with zero attached hydrogens (tertiary/aromatic N) is 1. The molecule has 20 heavy (non-hydrogen) atoms. The van der Waals surface area contributed by atoms with Crippen LogP contribution in [0.1, 0.15) is 17.4 Å². The number of imidazole rings is 1. The van der Waals surface area contributed by atoms with Gasteiger partial charge in [-0.05, 0) is 23.3 Å². The predicted octanol–water partition coefficient (Wildman–Crippen LogP) is 3.78. The normalized spacial score (nSPS) is 12.3. The van der Waals surface area contributed by atoms with Crippen molar-refractivity contribution < 1.29 is 0 Å². The highest BCUT2D eigenvalue weighted by molar-refractivity contribution is 6.30. The molecule has 100 valence electrons. The van der Waals surface area contributed by atoms with Crippen LogP contribution in [0.15, 0.2) is 60.8 Å². The van der Waals surface area contributed by atoms with Crippen LogP contribution in [0.3, 0.4) is 0 Å². The maximum atomic E-state index is 6.22. The SMILES string of the molecule is NC(c1ccccc1)c1ncc(-c2ccc(Cl)cc2)[nH]1. The third-order valence-corrected chi connectivity index (χ3v) is 3.46. The number of benzene rings is 2. The minimum absolute atomic E-state index is 0.253. The van der Waals surface area contributed by atoms with Crippen molar-refractivity contribution in [1.82, 2.24) is 9.97 Å². The molecule has 0 radical (unpaired) electrons. The average molecular weight is 284 g/mol. The van der Waals surface area contributed by atoms with Crippen LogP contribution in [-0.4, -0.2) is 9.97 Å². The van der Waals surface area contributed by atoms with Crippen LogP contribution in [-0.2, 0) is 0 Å². The second-order valence-electron chi connectivity index (χ2n) is 4.58. The van der Waals surface area contributed by atoms with E-state index in [1.54, 1.807) is 6.20 Å². The van der Waals surface area contributed by atoms with Gasteiger partial charge in [0.05, 0.1) is 17.9 Å². The van der Waals surface area contributed by atoms with Crippen molar-refractivity contribution in [2.24, 2.45) is 5.73 Å². The number of halogens is 1. The van der Waals surface area contributed by atoms with Gasteiger partial charge in [-0.1, -0.05) is 54.1 Å². The van der Waals surface area contributed by atoms with Gasteiger partial charge in [0.1, 0.15) is 5.82 Å². The number of rotatable bonds is 3. The first-order valence-electron chi connectivity index (χ1n) is 6.35. The van der Waals surface area contributed by atoms with E-state index in [-0.39, 0.29) is 6.04 Å². The number of H-pyrrole nitrogens is 1. The van der Waals surface area contributed by atoms with E-state index in [2.05, 4.69) is 9.97 Å². The summed E-state index contributed by atoms with van der Waals surface area (Å²) in [7, 11) is 0. The van der Waals surface area contributed by atoms with Gasteiger partial charge in [-0.25, -0.2) is 4.98 Å². The van der Waals surface area contributed by atoms with E-state index >= 15 is 0 Å². The van der Waals surface area contributed by atoms with Gasteiger partial charge in [0.2, 0.25) is 0 Å². The quantitative estimate of drug-likeness (QED) is 0.768. The van der Waals surface area contributed by atoms with Gasteiger partial charge in [0, 0.05) is 5.02 Å². The van der Waals surface area contributed by atoms with E-state index in [4.69, 9.17) is 17.3 Å². The minimum Gasteiger partial charge on any atom is -0.340 e. The molecule has 1 aromatic heterocycles. The number of nitrogens with two attached hydrogens (primary N) is 1. The maximum absolute atomic E-state index is 6.22. The summed E-state index contributed by atoms with van der Waals surface area (Å²) in [6, 6.07) is 17.3. The van der Waals surface area contributed by atoms with Crippen molar-refractivity contribution >= 4 is 11.6 Å². The summed E-state index contributed by atoms with van der Waals surface area (Å²) in [5.74, 6) is 0.751. The van der Waals surface area contributed by atoms with Gasteiger partial charge in [0.25, 0.3) is 0 Å². The Morgan fingerprint density at radius 2 is 1.70 bits per heavy atom. The maximum Gasteiger partial charge on any atom is 0.128 e. The summed E-state index contributed by atoms with van der Waals surface area (Å²) in [4.78, 5) is 7.65. The first kappa shape index (κ1) is 12.9. The number of aromatic amines is 1. The Morgan fingerprint density at radius 1 is 1.00 bits per heavy atom. The van der Waals surface area contributed by atoms with E-state index in [9.17, 15) is 0 Å². The van der Waals surface area contributed by atoms with Crippen LogP contribution in [0.2, 0.25) is 5.02 Å². The molecule has 3 rings (SSSR count). The molecule has 0 aliphatic heterocycles. The summed E-state index contributed by atoms with van der Waals surface area (Å²) in [5.41, 5.74) is 9.22. The predicted molar refractivity (Wildman–Crippen MR) is 81.5 cm³/mol. The zero-order valence-corrected chi connectivity index (χ0v) is 11.5. The van der Waals surface area contributed by atoms with E-state index in [0.29, 0.717) is 0 Å². The Morgan fingerprint density at radius 3 is 2.40 bits per heavy atom. The highest BCUT2D eigenvalue weighted by Gasteiger charge is 2.12. The van der Waals surface area contributed by atoms with Crippen molar-refractivity contribution in [2.75, 3.05) is 0 Å². The molecule has 0 aliphatic rings. The van der Waals surface area contributed by atoms with Crippen molar-refractivity contribution in [3.63, 3.8) is 0 Å². The number of aromatic nitrogens is 2. The second kappa shape index (κ2) is 5.49. The van der Waals surface area contributed by atoms with E-state index < -0.39 is 0 Å². The zero-order valence-electron chi connectivity index (χ0n) is 10.8. The highest BCUT2D eigenvalue weighted by Crippen LogP contribution is 2.23.